The molecule has 256 valence electrons. The highest BCUT2D eigenvalue weighted by molar-refractivity contribution is 5.95. The van der Waals surface area contributed by atoms with Crippen LogP contribution in [0.5, 0.6) is 5.75 Å². The van der Waals surface area contributed by atoms with Crippen molar-refractivity contribution in [3.8, 4) is 5.75 Å². The molecule has 3 atom stereocenters. The molecule has 0 aromatic heterocycles. The van der Waals surface area contributed by atoms with E-state index >= 15 is 0 Å². The van der Waals surface area contributed by atoms with E-state index in [4.69, 9.17) is 25.7 Å². The Kier molecular flexibility index (Phi) is 13.9. The summed E-state index contributed by atoms with van der Waals surface area (Å²) in [6, 6.07) is 21.8. The normalized spacial score (nSPS) is 12.9. The lowest BCUT2D eigenvalue weighted by Crippen LogP contribution is -2.58. The van der Waals surface area contributed by atoms with Gasteiger partial charge in [0.15, 0.2) is 0 Å². The summed E-state index contributed by atoms with van der Waals surface area (Å²) in [7, 11) is 0. The molecule has 3 aromatic rings. The first-order valence-corrected chi connectivity index (χ1v) is 15.3. The summed E-state index contributed by atoms with van der Waals surface area (Å²) >= 11 is 0. The minimum absolute atomic E-state index is 0.0517. The first-order chi connectivity index (χ1) is 22.8. The third kappa shape index (κ3) is 13.5. The van der Waals surface area contributed by atoms with Crippen LogP contribution in [0.25, 0.3) is 0 Å². The molecule has 7 N–H and O–H groups in total. The lowest BCUT2D eigenvalue weighted by Gasteiger charge is -2.25. The van der Waals surface area contributed by atoms with Crippen molar-refractivity contribution in [1.29, 1.82) is 0 Å². The maximum absolute atomic E-state index is 13.5. The lowest BCUT2D eigenvalue weighted by atomic mass is 10.0. The average Bonchev–Trinajstić information content (AvgIpc) is 3.03. The second-order valence-electron chi connectivity index (χ2n) is 12.0. The number of rotatable bonds is 17. The summed E-state index contributed by atoms with van der Waals surface area (Å²) in [5.74, 6) is -2.74. The van der Waals surface area contributed by atoms with Crippen LogP contribution in [-0.2, 0) is 48.3 Å². The fourth-order valence-corrected chi connectivity index (χ4v) is 4.38. The Morgan fingerprint density at radius 3 is 1.75 bits per heavy atom. The molecule has 0 fully saturated rings. The van der Waals surface area contributed by atoms with Crippen LogP contribution in [-0.4, -0.2) is 60.1 Å². The van der Waals surface area contributed by atoms with Crippen LogP contribution in [0.3, 0.4) is 0 Å². The molecule has 0 aliphatic heterocycles. The Morgan fingerprint density at radius 2 is 1.21 bits per heavy atom. The topological polar surface area (TPSA) is 201 Å². The summed E-state index contributed by atoms with van der Waals surface area (Å²) in [6.07, 6.45) is -1.48. The summed E-state index contributed by atoms with van der Waals surface area (Å²) in [6.45, 7) is 5.06. The number of hydrogen-bond acceptors (Lipinski definition) is 8. The predicted molar refractivity (Wildman–Crippen MR) is 177 cm³/mol. The van der Waals surface area contributed by atoms with E-state index in [9.17, 15) is 24.0 Å². The first-order valence-electron chi connectivity index (χ1n) is 15.3. The molecule has 0 saturated heterocycles. The van der Waals surface area contributed by atoms with E-state index in [2.05, 4.69) is 16.0 Å². The fraction of sp³-hybridized carbons (Fsp3) is 0.343. The minimum atomic E-state index is -1.46. The van der Waals surface area contributed by atoms with Crippen molar-refractivity contribution in [2.45, 2.75) is 70.6 Å². The number of benzene rings is 3. The van der Waals surface area contributed by atoms with Crippen LogP contribution >= 0.6 is 0 Å². The largest absolute Gasteiger partial charge is 0.489 e. The van der Waals surface area contributed by atoms with Crippen molar-refractivity contribution in [2.75, 3.05) is 6.61 Å². The molecule has 0 unspecified atom stereocenters. The van der Waals surface area contributed by atoms with Gasteiger partial charge in [0.2, 0.25) is 23.6 Å². The third-order valence-corrected chi connectivity index (χ3v) is 6.71. The number of hydrogen-bond donors (Lipinski definition) is 5. The van der Waals surface area contributed by atoms with E-state index in [1.165, 1.54) is 0 Å². The van der Waals surface area contributed by atoms with E-state index < -0.39 is 59.9 Å². The van der Waals surface area contributed by atoms with Gasteiger partial charge >= 0.3 is 6.09 Å². The van der Waals surface area contributed by atoms with Gasteiger partial charge in [-0.2, -0.15) is 0 Å². The number of nitrogens with one attached hydrogen (secondary N) is 3. The molecule has 3 rings (SSSR count). The van der Waals surface area contributed by atoms with Gasteiger partial charge in [-0.3, -0.25) is 19.2 Å². The second-order valence-corrected chi connectivity index (χ2v) is 12.0. The Bertz CT molecular complexity index is 1510. The molecule has 13 nitrogen and oxygen atoms in total. The number of carbonyl (C=O) groups excluding carboxylic acids is 5. The lowest BCUT2D eigenvalue weighted by molar-refractivity contribution is -0.134. The van der Waals surface area contributed by atoms with Crippen molar-refractivity contribution in [1.82, 2.24) is 16.0 Å². The van der Waals surface area contributed by atoms with Crippen LogP contribution in [0, 0.1) is 0 Å². The van der Waals surface area contributed by atoms with Crippen LogP contribution in [0.15, 0.2) is 84.9 Å². The predicted octanol–water partition coefficient (Wildman–Crippen LogP) is 2.25. The monoisotopic (exact) mass is 661 g/mol. The van der Waals surface area contributed by atoms with Crippen LogP contribution in [0.2, 0.25) is 0 Å². The van der Waals surface area contributed by atoms with Gasteiger partial charge in [0.05, 0.1) is 19.6 Å². The summed E-state index contributed by atoms with van der Waals surface area (Å²) in [5.41, 5.74) is 12.6. The number of primary amides is 2. The van der Waals surface area contributed by atoms with Gasteiger partial charge in [-0.05, 0) is 49.6 Å². The summed E-state index contributed by atoms with van der Waals surface area (Å²) < 4.78 is 16.7. The maximum atomic E-state index is 13.5. The van der Waals surface area contributed by atoms with Gasteiger partial charge in [-0.25, -0.2) is 4.79 Å². The molecule has 0 aliphatic carbocycles. The van der Waals surface area contributed by atoms with Crippen molar-refractivity contribution in [2.24, 2.45) is 11.5 Å². The Morgan fingerprint density at radius 1 is 0.667 bits per heavy atom. The zero-order valence-electron chi connectivity index (χ0n) is 27.3. The van der Waals surface area contributed by atoms with Crippen LogP contribution in [0.4, 0.5) is 4.79 Å². The molecule has 13 heteroatoms. The number of carbonyl (C=O) groups is 5. The molecule has 0 heterocycles. The maximum Gasteiger partial charge on any atom is 0.408 e. The number of nitrogens with two attached hydrogens (primary N) is 2. The summed E-state index contributed by atoms with van der Waals surface area (Å²) in [5, 5.41) is 7.40. The number of ether oxygens (including phenoxy) is 3. The fourth-order valence-electron chi connectivity index (χ4n) is 4.38. The van der Waals surface area contributed by atoms with Gasteiger partial charge in [-0.15, -0.1) is 0 Å². The second kappa shape index (κ2) is 18.0. The molecular formula is C35H43N5O8. The van der Waals surface area contributed by atoms with Crippen LogP contribution < -0.4 is 32.2 Å². The summed E-state index contributed by atoms with van der Waals surface area (Å²) in [4.78, 5) is 63.4. The molecule has 48 heavy (non-hydrogen) atoms. The first kappa shape index (κ1) is 37.0. The molecule has 3 aromatic carbocycles. The van der Waals surface area contributed by atoms with Gasteiger partial charge in [0.1, 0.15) is 36.1 Å². The third-order valence-electron chi connectivity index (χ3n) is 6.71. The highest BCUT2D eigenvalue weighted by Gasteiger charge is 2.31. The highest BCUT2D eigenvalue weighted by atomic mass is 16.6. The Balaban J connectivity index is 1.71. The highest BCUT2D eigenvalue weighted by Crippen LogP contribution is 2.16. The molecule has 0 aliphatic rings. The molecule has 5 amide bonds. The van der Waals surface area contributed by atoms with E-state index in [0.717, 1.165) is 11.1 Å². The van der Waals surface area contributed by atoms with Gasteiger partial charge in [0.25, 0.3) is 0 Å². The van der Waals surface area contributed by atoms with E-state index in [0.29, 0.717) is 17.9 Å². The smallest absolute Gasteiger partial charge is 0.408 e. The zero-order valence-corrected chi connectivity index (χ0v) is 27.3. The van der Waals surface area contributed by atoms with Crippen molar-refractivity contribution < 1.29 is 38.2 Å². The minimum Gasteiger partial charge on any atom is -0.489 e. The quantitative estimate of drug-likeness (QED) is 0.145. The van der Waals surface area contributed by atoms with Gasteiger partial charge in [-0.1, -0.05) is 72.8 Å². The average molecular weight is 662 g/mol. The van der Waals surface area contributed by atoms with Crippen molar-refractivity contribution in [3.63, 3.8) is 0 Å². The van der Waals surface area contributed by atoms with E-state index in [1.807, 2.05) is 60.7 Å². The number of amides is 5. The van der Waals surface area contributed by atoms with E-state index in [-0.39, 0.29) is 19.6 Å². The van der Waals surface area contributed by atoms with Gasteiger partial charge in [0, 0.05) is 6.42 Å². The van der Waals surface area contributed by atoms with Crippen molar-refractivity contribution >= 4 is 29.7 Å². The number of alkyl carbamates (subject to hydrolysis) is 1. The van der Waals surface area contributed by atoms with Crippen LogP contribution in [0.1, 0.15) is 43.9 Å². The molecule has 0 spiro atoms. The molecule has 0 saturated carbocycles. The Labute approximate surface area is 279 Å². The van der Waals surface area contributed by atoms with Crippen molar-refractivity contribution in [3.05, 3.63) is 102 Å². The molecular weight excluding hydrogens is 618 g/mol. The van der Waals surface area contributed by atoms with Gasteiger partial charge < -0.3 is 41.6 Å². The zero-order chi connectivity index (χ0) is 35.1. The van der Waals surface area contributed by atoms with E-state index in [1.54, 1.807) is 45.0 Å². The Hall–Kier alpha value is -5.43. The SMILES string of the molecule is CC(C)(C)OC(=O)N[C@@H](CC(N)=O)C(=O)N[C@H](COCc1ccccc1)C(=O)N[C@@H](Cc1ccc(OCc2ccccc2)cc1)C(N)=O. The molecule has 0 bridgehead atoms. The standard InChI is InChI=1S/C35H43N5O8/c1-35(2,3)48-34(45)40-28(19-30(36)41)32(43)39-29(22-46-20-24-10-6-4-7-11-24)33(44)38-27(31(37)42)18-23-14-16-26(17-15-23)47-21-25-12-8-5-9-13-25/h4-17,27-29H,18-22H2,1-3H3,(H2,36,41)(H2,37,42)(H,38,44)(H,39,43)(H,40,45)/t27-,28-,29+/m0/s1. The molecule has 0 radical (unpaired) electrons.